The van der Waals surface area contributed by atoms with Gasteiger partial charge in [0.1, 0.15) is 0 Å². The molecule has 0 aliphatic heterocycles. The van der Waals surface area contributed by atoms with Crippen molar-refractivity contribution in [3.8, 4) is 0 Å². The highest BCUT2D eigenvalue weighted by atomic mass is 35.9. The van der Waals surface area contributed by atoms with Crippen LogP contribution in [-0.2, 0) is 4.31 Å². The summed E-state index contributed by atoms with van der Waals surface area (Å²) >= 11 is 20.5. The van der Waals surface area contributed by atoms with Crippen LogP contribution in [0.15, 0.2) is 0 Å². The van der Waals surface area contributed by atoms with Crippen LogP contribution >= 0.6 is 58.7 Å². The molecule has 0 aliphatic carbocycles. The van der Waals surface area contributed by atoms with Crippen molar-refractivity contribution >= 4 is 58.7 Å². The van der Waals surface area contributed by atoms with E-state index in [1.807, 2.05) is 0 Å². The first-order valence-corrected chi connectivity index (χ1v) is 7.18. The van der Waals surface area contributed by atoms with Crippen molar-refractivity contribution < 1.29 is 4.31 Å². The Kier molecular flexibility index (Phi) is 6.18. The number of hydrogen-bond donors (Lipinski definition) is 0. The highest BCUT2D eigenvalue weighted by Crippen LogP contribution is 2.64. The van der Waals surface area contributed by atoms with E-state index in [0.29, 0.717) is 0 Å². The first kappa shape index (κ1) is 8.98. The summed E-state index contributed by atoms with van der Waals surface area (Å²) < 4.78 is 4.44. The summed E-state index contributed by atoms with van der Waals surface area (Å²) in [6, 6.07) is 0. The lowest BCUT2D eigenvalue weighted by atomic mass is 15.9. The van der Waals surface area contributed by atoms with E-state index >= 15 is 0 Å². The third kappa shape index (κ3) is 7.98. The van der Waals surface area contributed by atoms with Gasteiger partial charge in [0, 0.05) is 0 Å². The maximum absolute atomic E-state index is 5.13. The zero-order chi connectivity index (χ0) is 5.86. The zero-order valence-electron chi connectivity index (χ0n) is 2.81. The quantitative estimate of drug-likeness (QED) is 0.625. The lowest BCUT2D eigenvalue weighted by molar-refractivity contribution is 0.740. The lowest BCUT2D eigenvalue weighted by Crippen LogP contribution is -1.48. The van der Waals surface area contributed by atoms with E-state index in [-0.39, 0.29) is 0 Å². The Morgan fingerprint density at radius 3 is 1.14 bits per heavy atom. The Hall–Kier alpha value is 1.98. The highest BCUT2D eigenvalue weighted by Gasteiger charge is 2.05. The minimum atomic E-state index is -1.43. The predicted octanol–water partition coefficient (Wildman–Crippen LogP) is 4.41. The number of halogens is 4. The molecule has 0 amide bonds. The molecule has 0 heterocycles. The normalized spacial score (nSPS) is 11.1. The van der Waals surface area contributed by atoms with Crippen LogP contribution in [0.3, 0.4) is 0 Å². The van der Waals surface area contributed by atoms with Crippen molar-refractivity contribution in [3.63, 3.8) is 0 Å². The zero-order valence-corrected chi connectivity index (χ0v) is 7.63. The monoisotopic (exact) mass is 218 g/mol. The molecule has 0 fully saturated rings. The molecule has 0 atom stereocenters. The Bertz CT molecular complexity index is 39.0. The molecule has 1 nitrogen and oxygen atoms in total. The first-order chi connectivity index (χ1) is 3.13. The van der Waals surface area contributed by atoms with Gasteiger partial charge in [-0.25, -0.2) is 0 Å². The van der Waals surface area contributed by atoms with E-state index in [0.717, 1.165) is 0 Å². The van der Waals surface area contributed by atoms with Gasteiger partial charge in [-0.1, -0.05) is 0 Å². The average Bonchev–Trinajstić information content (AvgIpc) is 1.27. The van der Waals surface area contributed by atoms with Gasteiger partial charge in [-0.3, -0.25) is 4.31 Å². The van der Waals surface area contributed by atoms with E-state index in [9.17, 15) is 0 Å². The molecule has 0 bridgehead atoms. The Morgan fingerprint density at radius 1 is 0.857 bits per heavy atom. The van der Waals surface area contributed by atoms with Crippen LogP contribution in [0.25, 0.3) is 0 Å². The van der Waals surface area contributed by atoms with Crippen molar-refractivity contribution in [2.24, 2.45) is 0 Å². The molecule has 0 aromatic rings. The Labute approximate surface area is 63.0 Å². The third-order valence-corrected chi connectivity index (χ3v) is 3.33. The maximum atomic E-state index is 5.13. The molecule has 0 saturated carbocycles. The van der Waals surface area contributed by atoms with Crippen LogP contribution in [0.5, 0.6) is 0 Å². The number of rotatable bonds is 2. The fourth-order valence-electron chi connectivity index (χ4n) is 0.0467. The largest absolute Gasteiger partial charge is 0.277 e. The molecule has 0 aromatic carbocycles. The fraction of sp³-hybridized carbons (Fsp3) is 0. The molecule has 0 saturated heterocycles. The van der Waals surface area contributed by atoms with Crippen LogP contribution in [-0.4, -0.2) is 0 Å². The molecule has 0 unspecified atom stereocenters. The predicted molar refractivity (Wildman–Crippen MR) is 38.3 cm³/mol. The minimum Gasteiger partial charge on any atom is -0.277 e. The van der Waals surface area contributed by atoms with Gasteiger partial charge in [-0.15, -0.1) is 0 Å². The van der Waals surface area contributed by atoms with Gasteiger partial charge in [0.2, 0.25) is 13.7 Å². The molecule has 0 radical (unpaired) electrons. The van der Waals surface area contributed by atoms with Gasteiger partial charge >= 0.3 is 0 Å². The maximum Gasteiger partial charge on any atom is 0.231 e. The van der Waals surface area contributed by atoms with Crippen molar-refractivity contribution in [2.75, 3.05) is 0 Å². The van der Waals surface area contributed by atoms with Gasteiger partial charge in [0.05, 0.1) is 0 Å². The molecule has 0 rings (SSSR count). The van der Waals surface area contributed by atoms with E-state index in [4.69, 9.17) is 45.0 Å². The molecule has 0 N–H and O–H groups in total. The van der Waals surface area contributed by atoms with Crippen molar-refractivity contribution in [1.29, 1.82) is 0 Å². The molecule has 0 aromatic heterocycles. The SMILES string of the molecule is ClP(Cl)OP(Cl)Cl. The second-order valence-corrected chi connectivity index (χ2v) is 6.67. The smallest absolute Gasteiger partial charge is 0.231 e. The van der Waals surface area contributed by atoms with Gasteiger partial charge < -0.3 is 0 Å². The van der Waals surface area contributed by atoms with Crippen molar-refractivity contribution in [1.82, 2.24) is 0 Å². The average molecular weight is 220 g/mol. The third-order valence-electron chi connectivity index (χ3n) is 0.123. The fourth-order valence-corrected chi connectivity index (χ4v) is 3.78. The summed E-state index contributed by atoms with van der Waals surface area (Å²) in [5.41, 5.74) is 0. The van der Waals surface area contributed by atoms with E-state index < -0.39 is 13.7 Å². The summed E-state index contributed by atoms with van der Waals surface area (Å²) in [6.45, 7) is -2.86. The summed E-state index contributed by atoms with van der Waals surface area (Å²) in [4.78, 5) is 0. The minimum absolute atomic E-state index is 1.43. The summed E-state index contributed by atoms with van der Waals surface area (Å²) in [5.74, 6) is 0. The second kappa shape index (κ2) is 4.82. The van der Waals surface area contributed by atoms with Gasteiger partial charge in [-0.2, -0.15) is 0 Å². The summed E-state index contributed by atoms with van der Waals surface area (Å²) in [6.07, 6.45) is 0. The second-order valence-electron chi connectivity index (χ2n) is 0.485. The van der Waals surface area contributed by atoms with Gasteiger partial charge in [0.25, 0.3) is 0 Å². The van der Waals surface area contributed by atoms with Crippen molar-refractivity contribution in [3.05, 3.63) is 0 Å². The summed E-state index contributed by atoms with van der Waals surface area (Å²) in [7, 11) is 0. The van der Waals surface area contributed by atoms with Crippen LogP contribution in [0, 0.1) is 0 Å². The molecule has 0 spiro atoms. The highest BCUT2D eigenvalue weighted by molar-refractivity contribution is 8.10. The van der Waals surface area contributed by atoms with E-state index in [1.54, 1.807) is 0 Å². The van der Waals surface area contributed by atoms with Crippen LogP contribution in [0.4, 0.5) is 0 Å². The summed E-state index contributed by atoms with van der Waals surface area (Å²) in [5, 5.41) is 0. The Morgan fingerprint density at radius 2 is 1.14 bits per heavy atom. The van der Waals surface area contributed by atoms with Gasteiger partial charge in [0.15, 0.2) is 0 Å². The number of hydrogen-bond acceptors (Lipinski definition) is 1. The Balaban J connectivity index is 2.95. The van der Waals surface area contributed by atoms with E-state index in [2.05, 4.69) is 4.31 Å². The van der Waals surface area contributed by atoms with Crippen LogP contribution < -0.4 is 0 Å². The molecule has 0 aliphatic rings. The van der Waals surface area contributed by atoms with Crippen LogP contribution in [0.2, 0.25) is 0 Å². The lowest BCUT2D eigenvalue weighted by Gasteiger charge is -1.98. The molecule has 7 heavy (non-hydrogen) atoms. The van der Waals surface area contributed by atoms with Crippen LogP contribution in [0.1, 0.15) is 0 Å². The van der Waals surface area contributed by atoms with E-state index in [1.165, 1.54) is 0 Å². The standard InChI is InChI=1S/Cl4OP2/c1-6(2)5-7(3)4. The molecule has 7 heteroatoms. The molecule has 44 valence electrons. The molecular weight excluding hydrogens is 220 g/mol. The molecular formula is Cl4OP2. The first-order valence-electron chi connectivity index (χ1n) is 1.04. The topological polar surface area (TPSA) is 9.23 Å². The van der Waals surface area contributed by atoms with Gasteiger partial charge in [-0.05, 0) is 45.0 Å². The van der Waals surface area contributed by atoms with Crippen molar-refractivity contribution in [2.45, 2.75) is 0 Å².